The lowest BCUT2D eigenvalue weighted by molar-refractivity contribution is 0.234. The smallest absolute Gasteiger partial charge is 0.191 e. The molecule has 178 valence electrons. The maximum absolute atomic E-state index is 9.77. The Morgan fingerprint density at radius 3 is 2.32 bits per heavy atom. The molecule has 34 heavy (non-hydrogen) atoms. The summed E-state index contributed by atoms with van der Waals surface area (Å²) in [5.41, 5.74) is 2.77. The average molecular weight is 494 g/mol. The minimum atomic E-state index is -0.502. The number of nitrogens with zero attached hydrogens (tertiary/aromatic N) is 3. The number of nitrogens with one attached hydrogen (secondary N) is 2. The summed E-state index contributed by atoms with van der Waals surface area (Å²) < 4.78 is 0.900. The van der Waals surface area contributed by atoms with Crippen molar-refractivity contribution in [2.45, 2.75) is 49.6 Å². The van der Waals surface area contributed by atoms with Crippen LogP contribution in [0.3, 0.4) is 0 Å². The Morgan fingerprint density at radius 2 is 1.62 bits per heavy atom. The maximum atomic E-state index is 9.77. The van der Waals surface area contributed by atoms with Crippen LogP contribution in [0.15, 0.2) is 65.8 Å². The highest BCUT2D eigenvalue weighted by Gasteiger charge is 2.21. The molecule has 0 atom stereocenters. The number of aryl methyl sites for hydroxylation is 1. The van der Waals surface area contributed by atoms with E-state index in [4.69, 9.17) is 15.0 Å². The van der Waals surface area contributed by atoms with Gasteiger partial charge in [-0.2, -0.15) is 4.98 Å². The predicted molar refractivity (Wildman–Crippen MR) is 144 cm³/mol. The van der Waals surface area contributed by atoms with Gasteiger partial charge in [0.05, 0.1) is 12.1 Å². The van der Waals surface area contributed by atoms with E-state index in [-0.39, 0.29) is 6.61 Å². The second-order valence-electron chi connectivity index (χ2n) is 8.84. The largest absolute Gasteiger partial charge is 0.394 e. The van der Waals surface area contributed by atoms with Gasteiger partial charge in [0.1, 0.15) is 4.70 Å². The normalized spacial score (nSPS) is 11.6. The Hall–Kier alpha value is -2.68. The SMILES string of the molecule is CC(C)(CO)Nc1nc(SCc2ccccc2)nc2nc(NCCCCc3ccccc3)sc12. The molecule has 0 bridgehead atoms. The lowest BCUT2D eigenvalue weighted by atomic mass is 10.1. The molecule has 0 amide bonds. The second kappa shape index (κ2) is 11.6. The molecule has 4 aromatic rings. The number of aliphatic hydroxyl groups is 1. The van der Waals surface area contributed by atoms with Gasteiger partial charge >= 0.3 is 0 Å². The van der Waals surface area contributed by atoms with Crippen LogP contribution in [0.4, 0.5) is 10.9 Å². The molecule has 2 aromatic carbocycles. The van der Waals surface area contributed by atoms with Crippen LogP contribution in [0.25, 0.3) is 10.3 Å². The van der Waals surface area contributed by atoms with Crippen molar-refractivity contribution in [3.8, 4) is 0 Å². The molecular weight excluding hydrogens is 462 g/mol. The van der Waals surface area contributed by atoms with E-state index in [0.29, 0.717) is 16.6 Å². The van der Waals surface area contributed by atoms with Crippen molar-refractivity contribution < 1.29 is 5.11 Å². The van der Waals surface area contributed by atoms with Gasteiger partial charge in [0.2, 0.25) is 0 Å². The zero-order valence-corrected chi connectivity index (χ0v) is 21.3. The number of thioether (sulfide) groups is 1. The van der Waals surface area contributed by atoms with Crippen LogP contribution in [0.5, 0.6) is 0 Å². The predicted octanol–water partition coefficient (Wildman–Crippen LogP) is 6.00. The van der Waals surface area contributed by atoms with E-state index in [1.807, 2.05) is 32.0 Å². The Bertz CT molecular complexity index is 1180. The van der Waals surface area contributed by atoms with Crippen LogP contribution in [0, 0.1) is 0 Å². The Morgan fingerprint density at radius 1 is 0.912 bits per heavy atom. The molecule has 0 saturated carbocycles. The third-order valence-corrected chi connectivity index (χ3v) is 7.23. The van der Waals surface area contributed by atoms with E-state index in [9.17, 15) is 5.11 Å². The molecule has 4 rings (SSSR count). The fourth-order valence-electron chi connectivity index (χ4n) is 3.41. The first-order valence-corrected chi connectivity index (χ1v) is 13.3. The summed E-state index contributed by atoms with van der Waals surface area (Å²) in [6.07, 6.45) is 3.27. The second-order valence-corrected chi connectivity index (χ2v) is 10.8. The van der Waals surface area contributed by atoms with Crippen molar-refractivity contribution in [2.75, 3.05) is 23.8 Å². The van der Waals surface area contributed by atoms with Crippen molar-refractivity contribution in [2.24, 2.45) is 0 Å². The van der Waals surface area contributed by atoms with Gasteiger partial charge in [-0.15, -0.1) is 0 Å². The van der Waals surface area contributed by atoms with Crippen molar-refractivity contribution in [1.82, 2.24) is 15.0 Å². The zero-order chi connectivity index (χ0) is 23.8. The Balaban J connectivity index is 1.44. The van der Waals surface area contributed by atoms with Crippen molar-refractivity contribution in [3.63, 3.8) is 0 Å². The van der Waals surface area contributed by atoms with Crippen LogP contribution in [0.1, 0.15) is 37.8 Å². The van der Waals surface area contributed by atoms with Crippen molar-refractivity contribution >= 4 is 44.4 Å². The number of rotatable bonds is 12. The first-order valence-electron chi connectivity index (χ1n) is 11.5. The molecule has 0 aliphatic rings. The summed E-state index contributed by atoms with van der Waals surface area (Å²) in [6.45, 7) is 4.76. The number of fused-ring (bicyclic) bond motifs is 1. The Labute approximate surface area is 209 Å². The topological polar surface area (TPSA) is 83.0 Å². The molecule has 0 spiro atoms. The van der Waals surface area contributed by atoms with Gasteiger partial charge in [0.25, 0.3) is 0 Å². The van der Waals surface area contributed by atoms with Gasteiger partial charge in [0, 0.05) is 12.3 Å². The zero-order valence-electron chi connectivity index (χ0n) is 19.6. The van der Waals surface area contributed by atoms with Gasteiger partial charge in [-0.3, -0.25) is 0 Å². The molecule has 2 heterocycles. The van der Waals surface area contributed by atoms with E-state index >= 15 is 0 Å². The standard InChI is InChI=1S/C26H31N5OS2/c1-26(2,18-32)31-23-21-22(29-25(30-23)33-17-20-14-7-4-8-15-20)28-24(34-21)27-16-10-9-13-19-11-5-3-6-12-19/h3-8,11-12,14-15,32H,9-10,13,16-18H2,1-2H3,(H2,27,28,29,30,31). The molecule has 3 N–H and O–H groups in total. The number of thiazole rings is 1. The van der Waals surface area contributed by atoms with Crippen molar-refractivity contribution in [3.05, 3.63) is 71.8 Å². The molecule has 2 aromatic heterocycles. The molecule has 0 unspecified atom stereocenters. The minimum absolute atomic E-state index is 0.00366. The molecular formula is C26H31N5OS2. The molecule has 0 fully saturated rings. The highest BCUT2D eigenvalue weighted by Crippen LogP contribution is 2.34. The molecule has 0 aliphatic carbocycles. The van der Waals surface area contributed by atoms with Crippen LogP contribution in [-0.2, 0) is 12.2 Å². The van der Waals surface area contributed by atoms with E-state index in [0.717, 1.165) is 41.4 Å². The van der Waals surface area contributed by atoms with Gasteiger partial charge in [-0.1, -0.05) is 83.8 Å². The third-order valence-electron chi connectivity index (χ3n) is 5.31. The van der Waals surface area contributed by atoms with E-state index in [1.165, 1.54) is 11.1 Å². The molecule has 6 nitrogen and oxygen atoms in total. The monoisotopic (exact) mass is 493 g/mol. The summed E-state index contributed by atoms with van der Waals surface area (Å²) in [5.74, 6) is 1.50. The summed E-state index contributed by atoms with van der Waals surface area (Å²) in [5, 5.41) is 18.1. The van der Waals surface area contributed by atoms with Gasteiger partial charge in [-0.05, 0) is 44.2 Å². The maximum Gasteiger partial charge on any atom is 0.191 e. The van der Waals surface area contributed by atoms with Gasteiger partial charge < -0.3 is 15.7 Å². The molecule has 0 aliphatic heterocycles. The highest BCUT2D eigenvalue weighted by atomic mass is 32.2. The van der Waals surface area contributed by atoms with Crippen molar-refractivity contribution in [1.29, 1.82) is 0 Å². The summed E-state index contributed by atoms with van der Waals surface area (Å²) in [6, 6.07) is 20.9. The van der Waals surface area contributed by atoms with E-state index < -0.39 is 5.54 Å². The summed E-state index contributed by atoms with van der Waals surface area (Å²) in [4.78, 5) is 14.2. The first-order chi connectivity index (χ1) is 16.5. The molecule has 8 heteroatoms. The first kappa shape index (κ1) is 24.4. The number of hydrogen-bond acceptors (Lipinski definition) is 8. The molecule has 0 radical (unpaired) electrons. The van der Waals surface area contributed by atoms with E-state index in [1.54, 1.807) is 23.1 Å². The third kappa shape index (κ3) is 6.91. The minimum Gasteiger partial charge on any atom is -0.394 e. The lowest BCUT2D eigenvalue weighted by Crippen LogP contribution is -2.35. The summed E-state index contributed by atoms with van der Waals surface area (Å²) >= 11 is 3.14. The number of aromatic nitrogens is 3. The van der Waals surface area contributed by atoms with E-state index in [2.05, 4.69) is 53.1 Å². The highest BCUT2D eigenvalue weighted by molar-refractivity contribution is 7.98. The number of benzene rings is 2. The van der Waals surface area contributed by atoms with Crippen LogP contribution in [-0.4, -0.2) is 38.7 Å². The van der Waals surface area contributed by atoms with Gasteiger partial charge in [-0.25, -0.2) is 9.97 Å². The average Bonchev–Trinajstić information content (AvgIpc) is 3.27. The fourth-order valence-corrected chi connectivity index (χ4v) is 5.08. The number of hydrogen-bond donors (Lipinski definition) is 3. The quantitative estimate of drug-likeness (QED) is 0.127. The number of anilines is 2. The number of aliphatic hydroxyl groups excluding tert-OH is 1. The van der Waals surface area contributed by atoms with Crippen LogP contribution >= 0.6 is 23.1 Å². The lowest BCUT2D eigenvalue weighted by Gasteiger charge is -2.24. The van der Waals surface area contributed by atoms with Crippen LogP contribution < -0.4 is 10.6 Å². The molecule has 0 saturated heterocycles. The van der Waals surface area contributed by atoms with Crippen LogP contribution in [0.2, 0.25) is 0 Å². The number of unbranched alkanes of at least 4 members (excludes halogenated alkanes) is 1. The fraction of sp³-hybridized carbons (Fsp3) is 0.346. The van der Waals surface area contributed by atoms with Gasteiger partial charge in [0.15, 0.2) is 21.8 Å². The Kier molecular flexibility index (Phi) is 8.37. The summed E-state index contributed by atoms with van der Waals surface area (Å²) in [7, 11) is 0.